The molecule has 2 aromatic rings. The van der Waals surface area contributed by atoms with E-state index < -0.39 is 0 Å². The van der Waals surface area contributed by atoms with Crippen LogP contribution in [0.2, 0.25) is 0 Å². The first kappa shape index (κ1) is 10.5. The Morgan fingerprint density at radius 3 is 2.67 bits per heavy atom. The molecule has 0 atom stereocenters. The van der Waals surface area contributed by atoms with Gasteiger partial charge >= 0.3 is 0 Å². The Morgan fingerprint density at radius 2 is 2.00 bits per heavy atom. The highest BCUT2D eigenvalue weighted by molar-refractivity contribution is 7.12. The molecule has 2 nitrogen and oxygen atoms in total. The van der Waals surface area contributed by atoms with Gasteiger partial charge in [-0.05, 0) is 22.9 Å². The van der Waals surface area contributed by atoms with Gasteiger partial charge in [0.25, 0.3) is 0 Å². The lowest BCUT2D eigenvalue weighted by Crippen LogP contribution is -2.06. The van der Waals surface area contributed by atoms with Crippen LogP contribution in [0.5, 0.6) is 0 Å². The summed E-state index contributed by atoms with van der Waals surface area (Å²) in [6.45, 7) is 0.688. The predicted molar refractivity (Wildman–Crippen MR) is 62.6 cm³/mol. The zero-order chi connectivity index (χ0) is 10.5. The smallest absolute Gasteiger partial charge is 0.198 e. The summed E-state index contributed by atoms with van der Waals surface area (Å²) in [7, 11) is 0. The van der Waals surface area contributed by atoms with Gasteiger partial charge in [-0.25, -0.2) is 0 Å². The number of ether oxygens (including phenoxy) is 1. The van der Waals surface area contributed by atoms with Gasteiger partial charge in [-0.1, -0.05) is 12.1 Å². The molecule has 2 heterocycles. The maximum absolute atomic E-state index is 11.5. The van der Waals surface area contributed by atoms with E-state index in [0.717, 1.165) is 9.75 Å². The molecule has 0 aliphatic rings. The molecule has 15 heavy (non-hydrogen) atoms. The van der Waals surface area contributed by atoms with Crippen molar-refractivity contribution in [2.75, 3.05) is 6.61 Å². The highest BCUT2D eigenvalue weighted by Gasteiger charge is 2.06. The predicted octanol–water partition coefficient (Wildman–Crippen LogP) is 3.21. The van der Waals surface area contributed by atoms with E-state index in [1.54, 1.807) is 11.3 Å². The normalized spacial score (nSPS) is 10.4. The third kappa shape index (κ3) is 2.99. The number of ketones is 1. The molecule has 0 fully saturated rings. The topological polar surface area (TPSA) is 26.3 Å². The van der Waals surface area contributed by atoms with Gasteiger partial charge in [0.2, 0.25) is 0 Å². The fourth-order valence-electron chi connectivity index (χ4n) is 1.15. The molecule has 0 saturated heterocycles. The zero-order valence-corrected chi connectivity index (χ0v) is 9.64. The van der Waals surface area contributed by atoms with Crippen molar-refractivity contribution in [3.05, 3.63) is 44.8 Å². The van der Waals surface area contributed by atoms with Gasteiger partial charge in [-0.15, -0.1) is 22.7 Å². The van der Waals surface area contributed by atoms with Gasteiger partial charge in [0.15, 0.2) is 5.78 Å². The van der Waals surface area contributed by atoms with Gasteiger partial charge in [-0.2, -0.15) is 0 Å². The molecule has 2 rings (SSSR count). The summed E-state index contributed by atoms with van der Waals surface area (Å²) >= 11 is 3.09. The van der Waals surface area contributed by atoms with Gasteiger partial charge in [-0.3, -0.25) is 4.79 Å². The number of Topliss-reactive ketones (excluding diaryl/α,β-unsaturated/α-hetero) is 1. The van der Waals surface area contributed by atoms with Crippen LogP contribution in [0.3, 0.4) is 0 Å². The molecular formula is C11H10O2S2. The molecule has 0 radical (unpaired) electrons. The van der Waals surface area contributed by atoms with Crippen molar-refractivity contribution < 1.29 is 9.53 Å². The molecule has 4 heteroatoms. The van der Waals surface area contributed by atoms with Crippen molar-refractivity contribution in [3.63, 3.8) is 0 Å². The first-order chi connectivity index (χ1) is 7.36. The van der Waals surface area contributed by atoms with Crippen LogP contribution < -0.4 is 0 Å². The van der Waals surface area contributed by atoms with Crippen molar-refractivity contribution in [2.24, 2.45) is 0 Å². The van der Waals surface area contributed by atoms with Crippen LogP contribution in [0.1, 0.15) is 14.5 Å². The molecule has 0 unspecified atom stereocenters. The first-order valence-electron chi connectivity index (χ1n) is 4.53. The molecule has 0 aliphatic heterocycles. The van der Waals surface area contributed by atoms with E-state index in [4.69, 9.17) is 4.74 Å². The number of thiophene rings is 2. The summed E-state index contributed by atoms with van der Waals surface area (Å²) in [6.07, 6.45) is 0. The molecule has 78 valence electrons. The lowest BCUT2D eigenvalue weighted by Gasteiger charge is -1.99. The minimum absolute atomic E-state index is 0.0570. The highest BCUT2D eigenvalue weighted by Crippen LogP contribution is 2.12. The van der Waals surface area contributed by atoms with Crippen LogP contribution in [0, 0.1) is 0 Å². The number of carbonyl (C=O) groups excluding carboxylic acids is 1. The summed E-state index contributed by atoms with van der Waals surface area (Å²) < 4.78 is 5.33. The molecule has 0 saturated carbocycles. The molecule has 0 bridgehead atoms. The van der Waals surface area contributed by atoms with E-state index in [-0.39, 0.29) is 12.4 Å². The maximum Gasteiger partial charge on any atom is 0.198 e. The van der Waals surface area contributed by atoms with Gasteiger partial charge in [0, 0.05) is 4.88 Å². The fraction of sp³-hybridized carbons (Fsp3) is 0.182. The number of hydrogen-bond acceptors (Lipinski definition) is 4. The van der Waals surface area contributed by atoms with Crippen LogP contribution in [-0.4, -0.2) is 12.4 Å². The van der Waals surface area contributed by atoms with Crippen LogP contribution in [0.4, 0.5) is 0 Å². The van der Waals surface area contributed by atoms with E-state index in [1.165, 1.54) is 11.3 Å². The summed E-state index contributed by atoms with van der Waals surface area (Å²) in [5, 5.41) is 3.90. The summed E-state index contributed by atoms with van der Waals surface area (Å²) in [4.78, 5) is 13.4. The standard InChI is InChI=1S/C11H10O2S2/c12-10(11-4-2-6-15-11)8-13-7-9-3-1-5-14-9/h1-6H,7-8H2. The molecular weight excluding hydrogens is 228 g/mol. The van der Waals surface area contributed by atoms with Crippen molar-refractivity contribution in [1.82, 2.24) is 0 Å². The SMILES string of the molecule is O=C(COCc1cccs1)c1cccs1. The minimum Gasteiger partial charge on any atom is -0.368 e. The molecule has 0 spiro atoms. The van der Waals surface area contributed by atoms with Gasteiger partial charge in [0.1, 0.15) is 6.61 Å². The average molecular weight is 238 g/mol. The summed E-state index contributed by atoms with van der Waals surface area (Å²) in [5.41, 5.74) is 0. The van der Waals surface area contributed by atoms with Crippen LogP contribution in [0.25, 0.3) is 0 Å². The number of hydrogen-bond donors (Lipinski definition) is 0. The Balaban J connectivity index is 1.77. The summed E-state index contributed by atoms with van der Waals surface area (Å²) in [5.74, 6) is 0.0570. The van der Waals surface area contributed by atoms with Crippen LogP contribution in [0.15, 0.2) is 35.0 Å². The van der Waals surface area contributed by atoms with Crippen molar-refractivity contribution in [3.8, 4) is 0 Å². The van der Waals surface area contributed by atoms with Gasteiger partial charge in [0.05, 0.1) is 11.5 Å². The van der Waals surface area contributed by atoms with Gasteiger partial charge < -0.3 is 4.74 Å². The van der Waals surface area contributed by atoms with E-state index in [1.807, 2.05) is 35.0 Å². The fourth-order valence-corrected chi connectivity index (χ4v) is 2.44. The van der Waals surface area contributed by atoms with E-state index in [9.17, 15) is 4.79 Å². The molecule has 2 aromatic heterocycles. The molecule has 0 N–H and O–H groups in total. The monoisotopic (exact) mass is 238 g/mol. The zero-order valence-electron chi connectivity index (χ0n) is 8.01. The Bertz CT molecular complexity index is 404. The lowest BCUT2D eigenvalue weighted by molar-refractivity contribution is 0.0735. The largest absolute Gasteiger partial charge is 0.368 e. The quantitative estimate of drug-likeness (QED) is 0.748. The Hall–Kier alpha value is -0.970. The first-order valence-corrected chi connectivity index (χ1v) is 6.29. The lowest BCUT2D eigenvalue weighted by atomic mass is 10.3. The second kappa shape index (κ2) is 5.21. The molecule has 0 aromatic carbocycles. The van der Waals surface area contributed by atoms with Crippen LogP contribution >= 0.6 is 22.7 Å². The Morgan fingerprint density at radius 1 is 1.20 bits per heavy atom. The van der Waals surface area contributed by atoms with E-state index in [0.29, 0.717) is 6.61 Å². The molecule has 0 amide bonds. The number of rotatable bonds is 5. The van der Waals surface area contributed by atoms with E-state index >= 15 is 0 Å². The second-order valence-corrected chi connectivity index (χ2v) is 4.95. The summed E-state index contributed by atoms with van der Waals surface area (Å²) in [6, 6.07) is 7.67. The van der Waals surface area contributed by atoms with Crippen LogP contribution in [-0.2, 0) is 11.3 Å². The Kier molecular flexibility index (Phi) is 3.66. The third-order valence-corrected chi connectivity index (χ3v) is 3.61. The molecule has 0 aliphatic carbocycles. The van der Waals surface area contributed by atoms with Crippen molar-refractivity contribution >= 4 is 28.5 Å². The van der Waals surface area contributed by atoms with Crippen molar-refractivity contribution in [2.45, 2.75) is 6.61 Å². The second-order valence-electron chi connectivity index (χ2n) is 2.97. The van der Waals surface area contributed by atoms with E-state index in [2.05, 4.69) is 0 Å². The van der Waals surface area contributed by atoms with Crippen molar-refractivity contribution in [1.29, 1.82) is 0 Å². The minimum atomic E-state index is 0.0570. The Labute approximate surface area is 96.1 Å². The maximum atomic E-state index is 11.5. The third-order valence-electron chi connectivity index (χ3n) is 1.85. The highest BCUT2D eigenvalue weighted by atomic mass is 32.1. The average Bonchev–Trinajstić information content (AvgIpc) is 2.90. The number of carbonyl (C=O) groups is 1.